The second kappa shape index (κ2) is 8.17. The molecule has 0 radical (unpaired) electrons. The zero-order valence-electron chi connectivity index (χ0n) is 15.6. The predicted octanol–water partition coefficient (Wildman–Crippen LogP) is 6.40. The van der Waals surface area contributed by atoms with Crippen LogP contribution in [0.15, 0.2) is 0 Å². The molecule has 23 heavy (non-hydrogen) atoms. The molecule has 0 aromatic rings. The van der Waals surface area contributed by atoms with Crippen LogP contribution in [0, 0.1) is 35.5 Å². The lowest BCUT2D eigenvalue weighted by molar-refractivity contribution is -0.129. The summed E-state index contributed by atoms with van der Waals surface area (Å²) in [5, 5.41) is 0. The second-order valence-corrected chi connectivity index (χ2v) is 9.34. The van der Waals surface area contributed by atoms with E-state index in [9.17, 15) is 4.79 Å². The third kappa shape index (κ3) is 4.60. The van der Waals surface area contributed by atoms with Crippen molar-refractivity contribution in [2.24, 2.45) is 35.5 Å². The Morgan fingerprint density at radius 2 is 1.39 bits per heavy atom. The molecule has 0 aliphatic heterocycles. The van der Waals surface area contributed by atoms with Crippen molar-refractivity contribution in [1.29, 1.82) is 0 Å². The first-order valence-electron chi connectivity index (χ1n) is 10.7. The quantitative estimate of drug-likeness (QED) is 0.585. The van der Waals surface area contributed by atoms with E-state index in [0.717, 1.165) is 23.7 Å². The molecular formula is C22H38O. The molecule has 1 nitrogen and oxygen atoms in total. The first-order valence-corrected chi connectivity index (χ1v) is 10.7. The molecule has 0 aromatic heterocycles. The Bertz CT molecular complexity index is 381. The molecule has 3 aliphatic carbocycles. The maximum atomic E-state index is 12.9. The molecule has 1 heteroatoms. The molecule has 3 aliphatic rings. The normalized spacial score (nSPS) is 40.0. The first kappa shape index (κ1) is 17.5. The average molecular weight is 319 g/mol. The van der Waals surface area contributed by atoms with Gasteiger partial charge < -0.3 is 0 Å². The van der Waals surface area contributed by atoms with E-state index in [1.807, 2.05) is 0 Å². The summed E-state index contributed by atoms with van der Waals surface area (Å²) in [6.07, 6.45) is 17.2. The Morgan fingerprint density at radius 3 is 2.13 bits per heavy atom. The lowest BCUT2D eigenvalue weighted by Crippen LogP contribution is -2.31. The topological polar surface area (TPSA) is 17.1 Å². The van der Waals surface area contributed by atoms with Crippen molar-refractivity contribution < 1.29 is 4.79 Å². The van der Waals surface area contributed by atoms with E-state index in [1.165, 1.54) is 83.5 Å². The van der Waals surface area contributed by atoms with Crippen LogP contribution in [-0.4, -0.2) is 5.78 Å². The third-order valence-electron chi connectivity index (χ3n) is 7.57. The van der Waals surface area contributed by atoms with Crippen LogP contribution < -0.4 is 0 Å². The Morgan fingerprint density at radius 1 is 0.696 bits per heavy atom. The van der Waals surface area contributed by atoms with Crippen molar-refractivity contribution in [2.75, 3.05) is 0 Å². The predicted molar refractivity (Wildman–Crippen MR) is 97.3 cm³/mol. The smallest absolute Gasteiger partial charge is 0.139 e. The second-order valence-electron chi connectivity index (χ2n) is 9.34. The number of ketones is 1. The van der Waals surface area contributed by atoms with Crippen molar-refractivity contribution in [2.45, 2.75) is 97.3 Å². The number of rotatable bonds is 4. The van der Waals surface area contributed by atoms with E-state index in [-0.39, 0.29) is 0 Å². The van der Waals surface area contributed by atoms with Gasteiger partial charge in [0.2, 0.25) is 0 Å². The van der Waals surface area contributed by atoms with Gasteiger partial charge in [0.1, 0.15) is 5.78 Å². The molecule has 3 fully saturated rings. The summed E-state index contributed by atoms with van der Waals surface area (Å²) in [6, 6.07) is 0. The number of hydrogen-bond donors (Lipinski definition) is 0. The minimum atomic E-state index is 0.428. The highest BCUT2D eigenvalue weighted by atomic mass is 16.1. The minimum absolute atomic E-state index is 0.428. The minimum Gasteiger partial charge on any atom is -0.299 e. The van der Waals surface area contributed by atoms with Gasteiger partial charge in [-0.05, 0) is 62.2 Å². The molecule has 0 heterocycles. The lowest BCUT2D eigenvalue weighted by Gasteiger charge is -2.37. The van der Waals surface area contributed by atoms with Crippen LogP contribution in [0.3, 0.4) is 0 Å². The monoisotopic (exact) mass is 318 g/mol. The van der Waals surface area contributed by atoms with Crippen LogP contribution in [0.1, 0.15) is 97.3 Å². The van der Waals surface area contributed by atoms with Crippen molar-refractivity contribution >= 4 is 5.78 Å². The molecule has 0 N–H and O–H groups in total. The Hall–Kier alpha value is -0.330. The highest BCUT2D eigenvalue weighted by Gasteiger charge is 2.34. The van der Waals surface area contributed by atoms with E-state index in [1.54, 1.807) is 0 Å². The SMILES string of the molecule is CC1CCC(CC2CCCC(C(=O)C3CCCCC3)C2)CC1C. The van der Waals surface area contributed by atoms with Crippen molar-refractivity contribution in [3.63, 3.8) is 0 Å². The van der Waals surface area contributed by atoms with E-state index in [2.05, 4.69) is 13.8 Å². The average Bonchev–Trinajstić information content (AvgIpc) is 2.58. The van der Waals surface area contributed by atoms with Gasteiger partial charge in [-0.3, -0.25) is 4.79 Å². The van der Waals surface area contributed by atoms with Gasteiger partial charge in [-0.2, -0.15) is 0 Å². The molecule has 0 amide bonds. The summed E-state index contributed by atoms with van der Waals surface area (Å²) in [7, 11) is 0. The third-order valence-corrected chi connectivity index (χ3v) is 7.57. The van der Waals surface area contributed by atoms with Crippen molar-refractivity contribution in [3.05, 3.63) is 0 Å². The fourth-order valence-electron chi connectivity index (χ4n) is 5.83. The van der Waals surface area contributed by atoms with Gasteiger partial charge in [0, 0.05) is 11.8 Å². The van der Waals surface area contributed by atoms with Crippen LogP contribution in [0.4, 0.5) is 0 Å². The molecular weight excluding hydrogens is 280 g/mol. The highest BCUT2D eigenvalue weighted by Crippen LogP contribution is 2.41. The summed E-state index contributed by atoms with van der Waals surface area (Å²) in [5.41, 5.74) is 0. The lowest BCUT2D eigenvalue weighted by atomic mass is 9.68. The highest BCUT2D eigenvalue weighted by molar-refractivity contribution is 5.83. The summed E-state index contributed by atoms with van der Waals surface area (Å²) in [5.74, 6) is 5.18. The fourth-order valence-corrected chi connectivity index (χ4v) is 5.83. The molecule has 0 spiro atoms. The fraction of sp³-hybridized carbons (Fsp3) is 0.955. The molecule has 3 rings (SSSR count). The van der Waals surface area contributed by atoms with E-state index < -0.39 is 0 Å². The molecule has 3 saturated carbocycles. The number of carbonyl (C=O) groups excluding carboxylic acids is 1. The Labute approximate surface area is 144 Å². The number of Topliss-reactive ketones (excluding diaryl/α,β-unsaturated/α-hetero) is 1. The van der Waals surface area contributed by atoms with E-state index in [0.29, 0.717) is 17.6 Å². The van der Waals surface area contributed by atoms with Gasteiger partial charge in [0.05, 0.1) is 0 Å². The summed E-state index contributed by atoms with van der Waals surface area (Å²) >= 11 is 0. The maximum Gasteiger partial charge on any atom is 0.139 e. The molecule has 132 valence electrons. The Balaban J connectivity index is 1.49. The zero-order chi connectivity index (χ0) is 16.2. The van der Waals surface area contributed by atoms with Crippen LogP contribution in [-0.2, 0) is 4.79 Å². The molecule has 5 unspecified atom stereocenters. The van der Waals surface area contributed by atoms with E-state index in [4.69, 9.17) is 0 Å². The number of hydrogen-bond acceptors (Lipinski definition) is 1. The molecule has 0 bridgehead atoms. The largest absolute Gasteiger partial charge is 0.299 e. The molecule has 0 aromatic carbocycles. The van der Waals surface area contributed by atoms with Crippen LogP contribution in [0.5, 0.6) is 0 Å². The van der Waals surface area contributed by atoms with Gasteiger partial charge in [-0.25, -0.2) is 0 Å². The van der Waals surface area contributed by atoms with Gasteiger partial charge in [-0.15, -0.1) is 0 Å². The summed E-state index contributed by atoms with van der Waals surface area (Å²) in [6.45, 7) is 4.88. The van der Waals surface area contributed by atoms with Crippen molar-refractivity contribution in [1.82, 2.24) is 0 Å². The van der Waals surface area contributed by atoms with Crippen molar-refractivity contribution in [3.8, 4) is 0 Å². The van der Waals surface area contributed by atoms with Gasteiger partial charge in [0.25, 0.3) is 0 Å². The first-order chi connectivity index (χ1) is 11.1. The Kier molecular flexibility index (Phi) is 6.21. The van der Waals surface area contributed by atoms with Gasteiger partial charge in [0.15, 0.2) is 0 Å². The molecule has 5 atom stereocenters. The summed E-state index contributed by atoms with van der Waals surface area (Å²) in [4.78, 5) is 12.9. The van der Waals surface area contributed by atoms with E-state index >= 15 is 0 Å². The zero-order valence-corrected chi connectivity index (χ0v) is 15.6. The van der Waals surface area contributed by atoms with Gasteiger partial charge >= 0.3 is 0 Å². The van der Waals surface area contributed by atoms with Crippen LogP contribution >= 0.6 is 0 Å². The van der Waals surface area contributed by atoms with Crippen LogP contribution in [0.2, 0.25) is 0 Å². The standard InChI is InChI=1S/C22H38O/c1-16-11-12-19(13-17(16)2)14-18-7-6-10-21(15-18)22(23)20-8-4-3-5-9-20/h16-21H,3-15H2,1-2H3. The maximum absolute atomic E-state index is 12.9. The molecule has 0 saturated heterocycles. The van der Waals surface area contributed by atoms with Crippen LogP contribution in [0.25, 0.3) is 0 Å². The number of carbonyl (C=O) groups is 1. The summed E-state index contributed by atoms with van der Waals surface area (Å²) < 4.78 is 0. The van der Waals surface area contributed by atoms with Gasteiger partial charge in [-0.1, -0.05) is 58.8 Å².